The first-order valence-electron chi connectivity index (χ1n) is 11.1. The summed E-state index contributed by atoms with van der Waals surface area (Å²) < 4.78 is 25.7. The SMILES string of the molecule is COC(=O)CCc1c(C)nn(-c2ccc(C(=O)OCC(=O)c3ccc(NC(C)=O)cc3F)cc2)c1C. The number of halogens is 1. The number of nitrogens with zero attached hydrogens (tertiary/aromatic N) is 2. The van der Waals surface area contributed by atoms with Crippen molar-refractivity contribution >= 4 is 29.3 Å². The highest BCUT2D eigenvalue weighted by Crippen LogP contribution is 2.20. The second kappa shape index (κ2) is 11.4. The second-order valence-corrected chi connectivity index (χ2v) is 8.06. The van der Waals surface area contributed by atoms with Crippen molar-refractivity contribution in [1.82, 2.24) is 9.78 Å². The Morgan fingerprint density at radius 2 is 1.75 bits per heavy atom. The Morgan fingerprint density at radius 3 is 2.36 bits per heavy atom. The molecule has 1 heterocycles. The van der Waals surface area contributed by atoms with Crippen LogP contribution >= 0.6 is 0 Å². The summed E-state index contributed by atoms with van der Waals surface area (Å²) in [6, 6.07) is 10.1. The Hall–Kier alpha value is -4.34. The maximum Gasteiger partial charge on any atom is 0.338 e. The average Bonchev–Trinajstić information content (AvgIpc) is 3.13. The standard InChI is InChI=1S/C26H26FN3O6/c1-15-21(11-12-25(33)35-4)16(2)30(29-15)20-8-5-18(6-9-20)26(34)36-14-24(32)22-10-7-19(13-23(22)27)28-17(3)31/h5-10,13H,11-12,14H2,1-4H3,(H,28,31). The number of hydrogen-bond acceptors (Lipinski definition) is 7. The number of amides is 1. The van der Waals surface area contributed by atoms with Gasteiger partial charge in [0.1, 0.15) is 5.82 Å². The van der Waals surface area contributed by atoms with Crippen LogP contribution in [0.25, 0.3) is 5.69 Å². The molecule has 0 aliphatic rings. The maximum absolute atomic E-state index is 14.2. The lowest BCUT2D eigenvalue weighted by molar-refractivity contribution is -0.140. The molecule has 0 fully saturated rings. The molecule has 0 radical (unpaired) electrons. The van der Waals surface area contributed by atoms with Crippen LogP contribution in [0.4, 0.5) is 10.1 Å². The van der Waals surface area contributed by atoms with Crippen LogP contribution in [0, 0.1) is 19.7 Å². The monoisotopic (exact) mass is 495 g/mol. The first-order valence-corrected chi connectivity index (χ1v) is 11.1. The largest absolute Gasteiger partial charge is 0.469 e. The highest BCUT2D eigenvalue weighted by atomic mass is 19.1. The normalized spacial score (nSPS) is 10.6. The number of aromatic nitrogens is 2. The van der Waals surface area contributed by atoms with E-state index in [0.29, 0.717) is 12.1 Å². The number of carbonyl (C=O) groups excluding carboxylic acids is 4. The Kier molecular flexibility index (Phi) is 8.31. The van der Waals surface area contributed by atoms with Gasteiger partial charge in [-0.05, 0) is 68.3 Å². The lowest BCUT2D eigenvalue weighted by Crippen LogP contribution is -2.16. The Labute approximate surface area is 207 Å². The molecule has 1 amide bonds. The average molecular weight is 496 g/mol. The molecule has 0 bridgehead atoms. The van der Waals surface area contributed by atoms with E-state index in [1.807, 2.05) is 13.8 Å². The molecule has 188 valence electrons. The lowest BCUT2D eigenvalue weighted by Gasteiger charge is -2.09. The van der Waals surface area contributed by atoms with Crippen LogP contribution in [0.3, 0.4) is 0 Å². The third-order valence-electron chi connectivity index (χ3n) is 5.52. The molecule has 3 rings (SSSR count). The van der Waals surface area contributed by atoms with Crippen LogP contribution in [0.2, 0.25) is 0 Å². The van der Waals surface area contributed by atoms with E-state index in [4.69, 9.17) is 9.47 Å². The topological polar surface area (TPSA) is 117 Å². The summed E-state index contributed by atoms with van der Waals surface area (Å²) in [7, 11) is 1.35. The van der Waals surface area contributed by atoms with Gasteiger partial charge in [-0.25, -0.2) is 13.9 Å². The minimum Gasteiger partial charge on any atom is -0.469 e. The quantitative estimate of drug-likeness (QED) is 0.355. The van der Waals surface area contributed by atoms with Gasteiger partial charge in [0.25, 0.3) is 0 Å². The molecule has 0 spiro atoms. The van der Waals surface area contributed by atoms with Gasteiger partial charge in [-0.15, -0.1) is 0 Å². The Bertz CT molecular complexity index is 1310. The maximum atomic E-state index is 14.2. The molecule has 0 aliphatic heterocycles. The van der Waals surface area contributed by atoms with Gasteiger partial charge < -0.3 is 14.8 Å². The zero-order chi connectivity index (χ0) is 26.4. The number of benzene rings is 2. The predicted molar refractivity (Wildman–Crippen MR) is 129 cm³/mol. The molecule has 0 aliphatic carbocycles. The van der Waals surface area contributed by atoms with E-state index in [-0.39, 0.29) is 35.1 Å². The summed E-state index contributed by atoms with van der Waals surface area (Å²) in [5.41, 5.74) is 3.47. The number of aryl methyl sites for hydroxylation is 1. The first-order chi connectivity index (χ1) is 17.1. The molecule has 2 aromatic carbocycles. The van der Waals surface area contributed by atoms with E-state index >= 15 is 0 Å². The molecule has 10 heteroatoms. The number of ether oxygens (including phenoxy) is 2. The highest BCUT2D eigenvalue weighted by molar-refractivity contribution is 6.00. The van der Waals surface area contributed by atoms with Gasteiger partial charge in [0, 0.05) is 24.7 Å². The van der Waals surface area contributed by atoms with Crippen molar-refractivity contribution in [1.29, 1.82) is 0 Å². The van der Waals surface area contributed by atoms with Crippen molar-refractivity contribution in [2.75, 3.05) is 19.0 Å². The molecule has 1 aromatic heterocycles. The second-order valence-electron chi connectivity index (χ2n) is 8.06. The molecule has 9 nitrogen and oxygen atoms in total. The smallest absolute Gasteiger partial charge is 0.338 e. The molecular formula is C26H26FN3O6. The van der Waals surface area contributed by atoms with Crippen molar-refractivity contribution < 1.29 is 33.0 Å². The van der Waals surface area contributed by atoms with E-state index in [9.17, 15) is 23.6 Å². The Balaban J connectivity index is 1.64. The van der Waals surface area contributed by atoms with Crippen molar-refractivity contribution in [3.05, 3.63) is 76.4 Å². The summed E-state index contributed by atoms with van der Waals surface area (Å²) in [4.78, 5) is 47.3. The van der Waals surface area contributed by atoms with Crippen molar-refractivity contribution in [3.8, 4) is 5.69 Å². The summed E-state index contributed by atoms with van der Waals surface area (Å²) in [5.74, 6) is -2.95. The van der Waals surface area contributed by atoms with Crippen molar-refractivity contribution in [2.24, 2.45) is 0 Å². The number of methoxy groups -OCH3 is 1. The number of carbonyl (C=O) groups is 4. The molecule has 0 unspecified atom stereocenters. The van der Waals surface area contributed by atoms with E-state index in [1.165, 1.54) is 38.3 Å². The fourth-order valence-corrected chi connectivity index (χ4v) is 3.67. The van der Waals surface area contributed by atoms with Crippen molar-refractivity contribution in [2.45, 2.75) is 33.6 Å². The minimum absolute atomic E-state index is 0.209. The van der Waals surface area contributed by atoms with Gasteiger partial charge >= 0.3 is 11.9 Å². The van der Waals surface area contributed by atoms with E-state index in [2.05, 4.69) is 10.4 Å². The van der Waals surface area contributed by atoms with Gasteiger partial charge in [0.2, 0.25) is 11.7 Å². The third-order valence-corrected chi connectivity index (χ3v) is 5.52. The van der Waals surface area contributed by atoms with Crippen LogP contribution in [-0.2, 0) is 25.5 Å². The van der Waals surface area contributed by atoms with Gasteiger partial charge in [0.15, 0.2) is 6.61 Å². The fourth-order valence-electron chi connectivity index (χ4n) is 3.67. The van der Waals surface area contributed by atoms with E-state index in [0.717, 1.165) is 23.0 Å². The van der Waals surface area contributed by atoms with Crippen LogP contribution < -0.4 is 5.32 Å². The van der Waals surface area contributed by atoms with Crippen LogP contribution in [-0.4, -0.2) is 47.1 Å². The number of Topliss-reactive ketones (excluding diaryl/α,β-unsaturated/α-hetero) is 1. The molecule has 0 saturated carbocycles. The molecule has 1 N–H and O–H groups in total. The number of anilines is 1. The van der Waals surface area contributed by atoms with Crippen LogP contribution in [0.1, 0.15) is 51.0 Å². The first kappa shape index (κ1) is 26.3. The minimum atomic E-state index is -0.831. The number of hydrogen-bond donors (Lipinski definition) is 1. The molecular weight excluding hydrogens is 469 g/mol. The van der Waals surface area contributed by atoms with Crippen LogP contribution in [0.15, 0.2) is 42.5 Å². The van der Waals surface area contributed by atoms with Gasteiger partial charge in [-0.2, -0.15) is 5.10 Å². The number of rotatable bonds is 9. The van der Waals surface area contributed by atoms with Gasteiger partial charge in [-0.1, -0.05) is 0 Å². The highest BCUT2D eigenvalue weighted by Gasteiger charge is 2.17. The summed E-state index contributed by atoms with van der Waals surface area (Å²) in [6.45, 7) is 4.39. The summed E-state index contributed by atoms with van der Waals surface area (Å²) in [5, 5.41) is 6.95. The summed E-state index contributed by atoms with van der Waals surface area (Å²) in [6.07, 6.45) is 0.746. The Morgan fingerprint density at radius 1 is 1.06 bits per heavy atom. The molecule has 36 heavy (non-hydrogen) atoms. The lowest BCUT2D eigenvalue weighted by atomic mass is 10.1. The molecule has 0 atom stereocenters. The number of nitrogens with one attached hydrogen (secondary N) is 1. The van der Waals surface area contributed by atoms with Crippen LogP contribution in [0.5, 0.6) is 0 Å². The number of ketones is 1. The fraction of sp³-hybridized carbons (Fsp3) is 0.269. The third kappa shape index (κ3) is 6.21. The summed E-state index contributed by atoms with van der Waals surface area (Å²) >= 11 is 0. The van der Waals surface area contributed by atoms with E-state index < -0.39 is 24.2 Å². The zero-order valence-electron chi connectivity index (χ0n) is 20.4. The van der Waals surface area contributed by atoms with Gasteiger partial charge in [-0.3, -0.25) is 14.4 Å². The number of esters is 2. The zero-order valence-corrected chi connectivity index (χ0v) is 20.4. The molecule has 3 aromatic rings. The van der Waals surface area contributed by atoms with Crippen molar-refractivity contribution in [3.63, 3.8) is 0 Å². The molecule has 0 saturated heterocycles. The van der Waals surface area contributed by atoms with E-state index in [1.54, 1.807) is 16.8 Å². The predicted octanol–water partition coefficient (Wildman–Crippen LogP) is 3.73. The van der Waals surface area contributed by atoms with Gasteiger partial charge in [0.05, 0.1) is 29.6 Å².